The van der Waals surface area contributed by atoms with Crippen LogP contribution in [0.25, 0.3) is 11.0 Å². The smallest absolute Gasteiger partial charge is 0.356 e. The Balaban J connectivity index is 1.73. The number of piperidine rings is 1. The maximum absolute atomic E-state index is 12.4. The summed E-state index contributed by atoms with van der Waals surface area (Å²) >= 11 is 0. The van der Waals surface area contributed by atoms with E-state index in [0.29, 0.717) is 18.4 Å². The molecule has 21 heavy (non-hydrogen) atoms. The predicted molar refractivity (Wildman–Crippen MR) is 68.6 cm³/mol. The lowest BCUT2D eigenvalue weighted by Crippen LogP contribution is -2.45. The fourth-order valence-corrected chi connectivity index (χ4v) is 2.74. The summed E-state index contributed by atoms with van der Waals surface area (Å²) in [4.78, 5) is 12.1. The van der Waals surface area contributed by atoms with Gasteiger partial charge in [-0.25, -0.2) is 0 Å². The molecule has 112 valence electrons. The number of fused-ring (bicyclic) bond motifs is 1. The minimum absolute atomic E-state index is 0.0194. The molecule has 0 atom stereocenters. The molecular weight excluding hydrogens is 285 g/mol. The van der Waals surface area contributed by atoms with E-state index in [2.05, 4.69) is 5.16 Å². The van der Waals surface area contributed by atoms with Gasteiger partial charge in [0, 0.05) is 24.4 Å². The normalized spacial score (nSPS) is 17.4. The molecule has 0 unspecified atom stereocenters. The van der Waals surface area contributed by atoms with E-state index < -0.39 is 12.1 Å². The predicted octanol–water partition coefficient (Wildman–Crippen LogP) is 3.10. The first-order valence-corrected chi connectivity index (χ1v) is 6.67. The van der Waals surface area contributed by atoms with Crippen LogP contribution in [0, 0.1) is 0 Å². The number of alkyl halides is 3. The van der Waals surface area contributed by atoms with Gasteiger partial charge in [0.15, 0.2) is 5.58 Å². The Hall–Kier alpha value is -2.05. The molecule has 0 radical (unpaired) electrons. The number of aromatic nitrogens is 1. The van der Waals surface area contributed by atoms with Gasteiger partial charge in [-0.15, -0.1) is 0 Å². The zero-order chi connectivity index (χ0) is 15.0. The van der Waals surface area contributed by atoms with Crippen LogP contribution in [-0.4, -0.2) is 35.2 Å². The monoisotopic (exact) mass is 298 g/mol. The number of halogens is 3. The van der Waals surface area contributed by atoms with E-state index in [1.807, 2.05) is 18.2 Å². The Morgan fingerprint density at radius 1 is 1.24 bits per heavy atom. The first kappa shape index (κ1) is 13.9. The lowest BCUT2D eigenvalue weighted by Gasteiger charge is -2.31. The third-order valence-corrected chi connectivity index (χ3v) is 3.82. The van der Waals surface area contributed by atoms with Crippen molar-refractivity contribution in [1.82, 2.24) is 10.1 Å². The minimum Gasteiger partial charge on any atom is -0.356 e. The van der Waals surface area contributed by atoms with Gasteiger partial charge in [0.1, 0.15) is 0 Å². The molecule has 2 aromatic rings. The molecular formula is C14H13F3N2O2. The molecule has 3 rings (SSSR count). The number of para-hydroxylation sites is 1. The van der Waals surface area contributed by atoms with E-state index in [1.54, 1.807) is 6.07 Å². The molecule has 7 heteroatoms. The molecule has 0 saturated carbocycles. The van der Waals surface area contributed by atoms with Crippen LogP contribution in [-0.2, 0) is 4.79 Å². The van der Waals surface area contributed by atoms with Crippen molar-refractivity contribution < 1.29 is 22.5 Å². The second-order valence-electron chi connectivity index (χ2n) is 5.13. The molecule has 0 aliphatic carbocycles. The molecule has 1 aromatic carbocycles. The standard InChI is InChI=1S/C14H13F3N2O2/c15-14(16,17)13(20)19-7-5-9(6-8-19)12-10-3-1-2-4-11(10)21-18-12/h1-4,9H,5-8H2. The molecule has 1 saturated heterocycles. The fourth-order valence-electron chi connectivity index (χ4n) is 2.74. The molecule has 1 fully saturated rings. The van der Waals surface area contributed by atoms with Crippen molar-refractivity contribution in [2.45, 2.75) is 24.9 Å². The van der Waals surface area contributed by atoms with E-state index in [-0.39, 0.29) is 19.0 Å². The van der Waals surface area contributed by atoms with E-state index in [9.17, 15) is 18.0 Å². The van der Waals surface area contributed by atoms with Crippen LogP contribution in [0.5, 0.6) is 0 Å². The number of hydrogen-bond donors (Lipinski definition) is 0. The van der Waals surface area contributed by atoms with E-state index in [4.69, 9.17) is 4.52 Å². The third kappa shape index (κ3) is 2.59. The van der Waals surface area contributed by atoms with Crippen molar-refractivity contribution in [2.75, 3.05) is 13.1 Å². The summed E-state index contributed by atoms with van der Waals surface area (Å²) in [7, 11) is 0. The van der Waals surface area contributed by atoms with Gasteiger partial charge in [-0.2, -0.15) is 13.2 Å². The van der Waals surface area contributed by atoms with E-state index in [1.165, 1.54) is 0 Å². The number of carbonyl (C=O) groups excluding carboxylic acids is 1. The largest absolute Gasteiger partial charge is 0.471 e. The topological polar surface area (TPSA) is 46.3 Å². The van der Waals surface area contributed by atoms with Crippen LogP contribution in [0.1, 0.15) is 24.5 Å². The molecule has 1 aromatic heterocycles. The van der Waals surface area contributed by atoms with Gasteiger partial charge in [0.25, 0.3) is 0 Å². The molecule has 0 bridgehead atoms. The van der Waals surface area contributed by atoms with Crippen molar-refractivity contribution in [3.63, 3.8) is 0 Å². The molecule has 1 amide bonds. The number of rotatable bonds is 1. The maximum atomic E-state index is 12.4. The number of hydrogen-bond acceptors (Lipinski definition) is 3. The van der Waals surface area contributed by atoms with Crippen LogP contribution in [0.4, 0.5) is 13.2 Å². The summed E-state index contributed by atoms with van der Waals surface area (Å²) in [5, 5.41) is 4.92. The van der Waals surface area contributed by atoms with Gasteiger partial charge >= 0.3 is 12.1 Å². The number of carbonyl (C=O) groups is 1. The van der Waals surface area contributed by atoms with Crippen LogP contribution < -0.4 is 0 Å². The summed E-state index contributed by atoms with van der Waals surface area (Å²) in [6.45, 7) is 0.175. The highest BCUT2D eigenvalue weighted by molar-refractivity contribution is 5.82. The maximum Gasteiger partial charge on any atom is 0.471 e. The van der Waals surface area contributed by atoms with Gasteiger partial charge in [0.05, 0.1) is 5.69 Å². The van der Waals surface area contributed by atoms with Crippen molar-refractivity contribution in [1.29, 1.82) is 0 Å². The zero-order valence-corrected chi connectivity index (χ0v) is 11.1. The lowest BCUT2D eigenvalue weighted by molar-refractivity contribution is -0.186. The summed E-state index contributed by atoms with van der Waals surface area (Å²) in [5.41, 5.74) is 1.44. The lowest BCUT2D eigenvalue weighted by atomic mass is 9.91. The fraction of sp³-hybridized carbons (Fsp3) is 0.429. The van der Waals surface area contributed by atoms with Gasteiger partial charge < -0.3 is 9.42 Å². The van der Waals surface area contributed by atoms with Gasteiger partial charge in [-0.05, 0) is 25.0 Å². The summed E-state index contributed by atoms with van der Waals surface area (Å²) in [6.07, 6.45) is -3.88. The summed E-state index contributed by atoms with van der Waals surface area (Å²) in [5.74, 6) is -1.74. The van der Waals surface area contributed by atoms with Gasteiger partial charge in [-0.3, -0.25) is 4.79 Å². The van der Waals surface area contributed by atoms with Crippen LogP contribution in [0.3, 0.4) is 0 Å². The van der Waals surface area contributed by atoms with Crippen molar-refractivity contribution >= 4 is 16.9 Å². The number of benzene rings is 1. The van der Waals surface area contributed by atoms with Crippen molar-refractivity contribution in [2.24, 2.45) is 0 Å². The molecule has 1 aliphatic heterocycles. The Labute approximate surface area is 118 Å². The second-order valence-corrected chi connectivity index (χ2v) is 5.13. The first-order valence-electron chi connectivity index (χ1n) is 6.67. The van der Waals surface area contributed by atoms with Crippen LogP contribution in [0.15, 0.2) is 28.8 Å². The Morgan fingerprint density at radius 3 is 2.57 bits per heavy atom. The highest BCUT2D eigenvalue weighted by Crippen LogP contribution is 2.33. The number of likely N-dealkylation sites (tertiary alicyclic amines) is 1. The Kier molecular flexibility index (Phi) is 3.35. The van der Waals surface area contributed by atoms with Crippen LogP contribution in [0.2, 0.25) is 0 Å². The minimum atomic E-state index is -4.80. The molecule has 2 heterocycles. The molecule has 1 aliphatic rings. The van der Waals surface area contributed by atoms with Crippen LogP contribution >= 0.6 is 0 Å². The Morgan fingerprint density at radius 2 is 1.90 bits per heavy atom. The summed E-state index contributed by atoms with van der Waals surface area (Å²) < 4.78 is 42.4. The molecule has 0 spiro atoms. The number of amides is 1. The van der Waals surface area contributed by atoms with E-state index >= 15 is 0 Å². The molecule has 0 N–H and O–H groups in total. The second kappa shape index (κ2) is 5.05. The highest BCUT2D eigenvalue weighted by atomic mass is 19.4. The summed E-state index contributed by atoms with van der Waals surface area (Å²) in [6, 6.07) is 7.38. The highest BCUT2D eigenvalue weighted by Gasteiger charge is 2.43. The third-order valence-electron chi connectivity index (χ3n) is 3.82. The average molecular weight is 298 g/mol. The quantitative estimate of drug-likeness (QED) is 0.812. The van der Waals surface area contributed by atoms with E-state index in [0.717, 1.165) is 16.0 Å². The van der Waals surface area contributed by atoms with Crippen molar-refractivity contribution in [3.05, 3.63) is 30.0 Å². The van der Waals surface area contributed by atoms with Gasteiger partial charge in [-0.1, -0.05) is 17.3 Å². The Bertz CT molecular complexity index is 658. The number of nitrogens with zero attached hydrogens (tertiary/aromatic N) is 2. The first-order chi connectivity index (χ1) is 9.97. The average Bonchev–Trinajstić information content (AvgIpc) is 2.90. The van der Waals surface area contributed by atoms with Gasteiger partial charge in [0.2, 0.25) is 0 Å². The SMILES string of the molecule is O=C(N1CCC(c2noc3ccccc23)CC1)C(F)(F)F. The molecule has 4 nitrogen and oxygen atoms in total. The van der Waals surface area contributed by atoms with Crippen molar-refractivity contribution in [3.8, 4) is 0 Å². The zero-order valence-electron chi connectivity index (χ0n) is 11.1.